The lowest BCUT2D eigenvalue weighted by Crippen LogP contribution is -2.16. The lowest BCUT2D eigenvalue weighted by atomic mass is 10.0. The van der Waals surface area contributed by atoms with E-state index in [1.54, 1.807) is 0 Å². The standard InChI is InChI=1S/C21H20N2O2/c1-14(2)25-21(24)18-15(3)22-20(17-12-8-5-9-13-17)23-19(18)16-10-6-4-7-11-16/h4-14H,1-3H3. The Bertz CT molecular complexity index is 875. The molecule has 0 aliphatic heterocycles. The molecule has 3 rings (SSSR count). The molecule has 0 aliphatic rings. The summed E-state index contributed by atoms with van der Waals surface area (Å²) >= 11 is 0. The van der Waals surface area contributed by atoms with E-state index < -0.39 is 5.97 Å². The van der Waals surface area contributed by atoms with Crippen LogP contribution >= 0.6 is 0 Å². The highest BCUT2D eigenvalue weighted by Crippen LogP contribution is 2.27. The quantitative estimate of drug-likeness (QED) is 0.651. The van der Waals surface area contributed by atoms with Gasteiger partial charge >= 0.3 is 5.97 Å². The summed E-state index contributed by atoms with van der Waals surface area (Å²) in [6.45, 7) is 5.47. The molecule has 0 fully saturated rings. The third kappa shape index (κ3) is 3.74. The molecule has 0 N–H and O–H groups in total. The van der Waals surface area contributed by atoms with E-state index in [-0.39, 0.29) is 6.10 Å². The Hall–Kier alpha value is -3.01. The van der Waals surface area contributed by atoms with Crippen molar-refractivity contribution in [3.8, 4) is 22.6 Å². The molecular weight excluding hydrogens is 312 g/mol. The maximum atomic E-state index is 12.6. The van der Waals surface area contributed by atoms with Gasteiger partial charge in [-0.05, 0) is 20.8 Å². The van der Waals surface area contributed by atoms with Gasteiger partial charge in [-0.2, -0.15) is 0 Å². The first kappa shape index (κ1) is 16.8. The highest BCUT2D eigenvalue weighted by Gasteiger charge is 2.22. The molecule has 1 heterocycles. The number of esters is 1. The van der Waals surface area contributed by atoms with Crippen molar-refractivity contribution in [2.75, 3.05) is 0 Å². The first-order valence-corrected chi connectivity index (χ1v) is 8.26. The Morgan fingerprint density at radius 3 is 2.00 bits per heavy atom. The van der Waals surface area contributed by atoms with E-state index in [1.807, 2.05) is 81.4 Å². The number of carbonyl (C=O) groups excluding carboxylic acids is 1. The minimum atomic E-state index is -0.397. The lowest BCUT2D eigenvalue weighted by Gasteiger charge is -2.15. The summed E-state index contributed by atoms with van der Waals surface area (Å²) in [5.41, 5.74) is 3.39. The summed E-state index contributed by atoms with van der Waals surface area (Å²) in [5, 5.41) is 0. The van der Waals surface area contributed by atoms with Crippen molar-refractivity contribution >= 4 is 5.97 Å². The van der Waals surface area contributed by atoms with E-state index in [0.29, 0.717) is 22.8 Å². The van der Waals surface area contributed by atoms with Crippen molar-refractivity contribution in [1.29, 1.82) is 0 Å². The van der Waals surface area contributed by atoms with E-state index in [1.165, 1.54) is 0 Å². The molecule has 0 amide bonds. The van der Waals surface area contributed by atoms with Gasteiger partial charge in [-0.25, -0.2) is 14.8 Å². The molecule has 126 valence electrons. The number of ether oxygens (including phenoxy) is 1. The van der Waals surface area contributed by atoms with Crippen LogP contribution in [0.5, 0.6) is 0 Å². The van der Waals surface area contributed by atoms with Crippen LogP contribution in [0.15, 0.2) is 60.7 Å². The Labute approximate surface area is 147 Å². The molecule has 4 heteroatoms. The number of carbonyl (C=O) groups is 1. The lowest BCUT2D eigenvalue weighted by molar-refractivity contribution is 0.0377. The fraction of sp³-hybridized carbons (Fsp3) is 0.190. The molecule has 4 nitrogen and oxygen atoms in total. The van der Waals surface area contributed by atoms with Gasteiger partial charge in [-0.3, -0.25) is 0 Å². The molecule has 0 unspecified atom stereocenters. The number of benzene rings is 2. The first-order chi connectivity index (χ1) is 12.1. The number of hydrogen-bond donors (Lipinski definition) is 0. The van der Waals surface area contributed by atoms with Crippen LogP contribution in [0.25, 0.3) is 22.6 Å². The van der Waals surface area contributed by atoms with E-state index in [9.17, 15) is 4.79 Å². The van der Waals surface area contributed by atoms with Crippen LogP contribution in [0, 0.1) is 6.92 Å². The average Bonchev–Trinajstić information content (AvgIpc) is 2.61. The summed E-state index contributed by atoms with van der Waals surface area (Å²) in [6, 6.07) is 19.4. The fourth-order valence-corrected chi connectivity index (χ4v) is 2.61. The molecule has 0 atom stereocenters. The fourth-order valence-electron chi connectivity index (χ4n) is 2.61. The number of aromatic nitrogens is 2. The highest BCUT2D eigenvalue weighted by molar-refractivity contribution is 5.97. The third-order valence-electron chi connectivity index (χ3n) is 3.72. The van der Waals surface area contributed by atoms with Gasteiger partial charge < -0.3 is 4.74 Å². The van der Waals surface area contributed by atoms with Gasteiger partial charge in [-0.1, -0.05) is 60.7 Å². The van der Waals surface area contributed by atoms with E-state index in [2.05, 4.69) is 4.98 Å². The molecule has 0 bridgehead atoms. The van der Waals surface area contributed by atoms with Crippen molar-refractivity contribution in [2.24, 2.45) is 0 Å². The summed E-state index contributed by atoms with van der Waals surface area (Å²) in [6.07, 6.45) is -0.204. The van der Waals surface area contributed by atoms with Crippen molar-refractivity contribution in [1.82, 2.24) is 9.97 Å². The van der Waals surface area contributed by atoms with Gasteiger partial charge in [0, 0.05) is 11.1 Å². The second-order valence-electron chi connectivity index (χ2n) is 6.04. The Kier molecular flexibility index (Phi) is 4.89. The SMILES string of the molecule is Cc1nc(-c2ccccc2)nc(-c2ccccc2)c1C(=O)OC(C)C. The number of aryl methyl sites for hydroxylation is 1. The maximum absolute atomic E-state index is 12.6. The van der Waals surface area contributed by atoms with Crippen molar-refractivity contribution < 1.29 is 9.53 Å². The molecule has 0 saturated heterocycles. The minimum Gasteiger partial charge on any atom is -0.459 e. The van der Waals surface area contributed by atoms with Crippen molar-refractivity contribution in [2.45, 2.75) is 26.9 Å². The van der Waals surface area contributed by atoms with Gasteiger partial charge in [0.2, 0.25) is 0 Å². The van der Waals surface area contributed by atoms with Gasteiger partial charge in [0.05, 0.1) is 17.5 Å². The Balaban J connectivity index is 2.20. The van der Waals surface area contributed by atoms with Crippen LogP contribution in [0.4, 0.5) is 0 Å². The van der Waals surface area contributed by atoms with Gasteiger partial charge in [-0.15, -0.1) is 0 Å². The van der Waals surface area contributed by atoms with Crippen LogP contribution in [0.3, 0.4) is 0 Å². The average molecular weight is 332 g/mol. The number of hydrogen-bond acceptors (Lipinski definition) is 4. The summed E-state index contributed by atoms with van der Waals surface area (Å²) < 4.78 is 5.41. The molecule has 2 aromatic carbocycles. The zero-order valence-corrected chi connectivity index (χ0v) is 14.6. The number of nitrogens with zero attached hydrogens (tertiary/aromatic N) is 2. The Morgan fingerprint density at radius 2 is 1.44 bits per heavy atom. The van der Waals surface area contributed by atoms with E-state index >= 15 is 0 Å². The van der Waals surface area contributed by atoms with Crippen LogP contribution in [0.1, 0.15) is 29.9 Å². The topological polar surface area (TPSA) is 52.1 Å². The predicted octanol–water partition coefficient (Wildman–Crippen LogP) is 4.68. The zero-order chi connectivity index (χ0) is 17.8. The summed E-state index contributed by atoms with van der Waals surface area (Å²) in [7, 11) is 0. The molecule has 3 aromatic rings. The van der Waals surface area contributed by atoms with E-state index in [4.69, 9.17) is 9.72 Å². The molecular formula is C21H20N2O2. The molecule has 0 radical (unpaired) electrons. The van der Waals surface area contributed by atoms with Gasteiger partial charge in [0.15, 0.2) is 5.82 Å². The van der Waals surface area contributed by atoms with Crippen molar-refractivity contribution in [3.05, 3.63) is 71.9 Å². The first-order valence-electron chi connectivity index (χ1n) is 8.26. The molecule has 0 aliphatic carbocycles. The maximum Gasteiger partial charge on any atom is 0.342 e. The van der Waals surface area contributed by atoms with Crippen LogP contribution in [-0.2, 0) is 4.74 Å². The summed E-state index contributed by atoms with van der Waals surface area (Å²) in [4.78, 5) is 21.9. The zero-order valence-electron chi connectivity index (χ0n) is 14.6. The predicted molar refractivity (Wildman–Crippen MR) is 98.2 cm³/mol. The summed E-state index contributed by atoms with van der Waals surface area (Å²) in [5.74, 6) is 0.198. The Morgan fingerprint density at radius 1 is 0.880 bits per heavy atom. The third-order valence-corrected chi connectivity index (χ3v) is 3.72. The molecule has 25 heavy (non-hydrogen) atoms. The molecule has 0 saturated carbocycles. The van der Waals surface area contributed by atoms with E-state index in [0.717, 1.165) is 11.1 Å². The van der Waals surface area contributed by atoms with Crippen LogP contribution in [-0.4, -0.2) is 22.0 Å². The van der Waals surface area contributed by atoms with Gasteiger partial charge in [0.1, 0.15) is 5.56 Å². The van der Waals surface area contributed by atoms with Crippen LogP contribution < -0.4 is 0 Å². The second kappa shape index (κ2) is 7.26. The van der Waals surface area contributed by atoms with Crippen molar-refractivity contribution in [3.63, 3.8) is 0 Å². The second-order valence-corrected chi connectivity index (χ2v) is 6.04. The largest absolute Gasteiger partial charge is 0.459 e. The monoisotopic (exact) mass is 332 g/mol. The smallest absolute Gasteiger partial charge is 0.342 e. The number of rotatable bonds is 4. The molecule has 0 spiro atoms. The van der Waals surface area contributed by atoms with Crippen LogP contribution in [0.2, 0.25) is 0 Å². The van der Waals surface area contributed by atoms with Gasteiger partial charge in [0.25, 0.3) is 0 Å². The molecule has 1 aromatic heterocycles. The minimum absolute atomic E-state index is 0.204. The highest BCUT2D eigenvalue weighted by atomic mass is 16.5. The normalized spacial score (nSPS) is 10.7.